The van der Waals surface area contributed by atoms with Gasteiger partial charge in [0.2, 0.25) is 5.91 Å². The molecule has 0 atom stereocenters. The Balaban J connectivity index is 1.89. The average Bonchev–Trinajstić information content (AvgIpc) is 2.47. The lowest BCUT2D eigenvalue weighted by Crippen LogP contribution is -2.22. The van der Waals surface area contributed by atoms with Gasteiger partial charge in [-0.1, -0.05) is 11.6 Å². The van der Waals surface area contributed by atoms with Gasteiger partial charge in [0.05, 0.1) is 13.7 Å². The van der Waals surface area contributed by atoms with E-state index in [9.17, 15) is 4.79 Å². The minimum Gasteiger partial charge on any atom is -0.497 e. The summed E-state index contributed by atoms with van der Waals surface area (Å²) in [6, 6.07) is 12.7. The summed E-state index contributed by atoms with van der Waals surface area (Å²) in [5.41, 5.74) is 1.61. The van der Waals surface area contributed by atoms with Crippen molar-refractivity contribution in [2.75, 3.05) is 24.3 Å². The summed E-state index contributed by atoms with van der Waals surface area (Å²) in [6.45, 7) is 0.184. The second-order valence-corrected chi connectivity index (χ2v) is 5.85. The van der Waals surface area contributed by atoms with Crippen molar-refractivity contribution < 1.29 is 9.53 Å². The van der Waals surface area contributed by atoms with Gasteiger partial charge < -0.3 is 15.4 Å². The Morgan fingerprint density at radius 2 is 1.95 bits per heavy atom. The van der Waals surface area contributed by atoms with Gasteiger partial charge in [-0.15, -0.1) is 0 Å². The summed E-state index contributed by atoms with van der Waals surface area (Å²) in [6.07, 6.45) is 0. The van der Waals surface area contributed by atoms with E-state index in [4.69, 9.17) is 16.3 Å². The van der Waals surface area contributed by atoms with Gasteiger partial charge in [-0.25, -0.2) is 0 Å². The fourth-order valence-corrected chi connectivity index (χ4v) is 2.75. The number of ether oxygens (including phenoxy) is 1. The van der Waals surface area contributed by atoms with Gasteiger partial charge in [0.25, 0.3) is 0 Å². The predicted octanol–water partition coefficient (Wildman–Crippen LogP) is 4.00. The van der Waals surface area contributed by atoms with E-state index in [0.29, 0.717) is 5.02 Å². The smallest absolute Gasteiger partial charge is 0.243 e. The fourth-order valence-electron chi connectivity index (χ4n) is 1.69. The Hall–Kier alpha value is -1.47. The molecule has 0 aliphatic rings. The Morgan fingerprint density at radius 3 is 2.57 bits per heavy atom. The summed E-state index contributed by atoms with van der Waals surface area (Å²) in [5.74, 6) is 0.632. The largest absolute Gasteiger partial charge is 0.497 e. The normalized spacial score (nSPS) is 10.0. The van der Waals surface area contributed by atoms with Crippen LogP contribution in [-0.2, 0) is 4.79 Å². The van der Waals surface area contributed by atoms with Crippen LogP contribution in [0.3, 0.4) is 0 Å². The molecule has 0 bridgehead atoms. The van der Waals surface area contributed by atoms with Crippen LogP contribution in [0.25, 0.3) is 0 Å². The van der Waals surface area contributed by atoms with Crippen LogP contribution in [0.15, 0.2) is 42.5 Å². The molecule has 2 N–H and O–H groups in total. The van der Waals surface area contributed by atoms with Gasteiger partial charge in [0, 0.05) is 20.0 Å². The van der Waals surface area contributed by atoms with Crippen molar-refractivity contribution in [2.45, 2.75) is 0 Å². The highest BCUT2D eigenvalue weighted by Gasteiger charge is 2.05. The monoisotopic (exact) mass is 416 g/mol. The van der Waals surface area contributed by atoms with E-state index < -0.39 is 0 Å². The first-order valence-corrected chi connectivity index (χ1v) is 7.67. The van der Waals surface area contributed by atoms with E-state index in [1.54, 1.807) is 37.4 Å². The molecule has 0 heterocycles. The molecule has 0 fully saturated rings. The van der Waals surface area contributed by atoms with Crippen molar-refractivity contribution in [3.05, 3.63) is 51.1 Å². The lowest BCUT2D eigenvalue weighted by Gasteiger charge is -2.10. The van der Waals surface area contributed by atoms with E-state index in [0.717, 1.165) is 20.7 Å². The maximum atomic E-state index is 11.9. The lowest BCUT2D eigenvalue weighted by molar-refractivity contribution is -0.114. The van der Waals surface area contributed by atoms with Crippen LogP contribution in [0.1, 0.15) is 0 Å². The fraction of sp³-hybridized carbons (Fsp3) is 0.133. The molecule has 0 unspecified atom stereocenters. The van der Waals surface area contributed by atoms with Gasteiger partial charge in [0.1, 0.15) is 5.75 Å². The molecule has 0 saturated heterocycles. The number of rotatable bonds is 5. The molecule has 1 amide bonds. The summed E-state index contributed by atoms with van der Waals surface area (Å²) >= 11 is 8.06. The highest BCUT2D eigenvalue weighted by Crippen LogP contribution is 2.22. The number of hydrogen-bond acceptors (Lipinski definition) is 3. The van der Waals surface area contributed by atoms with Crippen LogP contribution in [0, 0.1) is 3.57 Å². The minimum atomic E-state index is -0.120. The molecule has 0 saturated carbocycles. The molecule has 2 rings (SSSR count). The number of nitrogens with one attached hydrogen (secondary N) is 2. The molecule has 0 spiro atoms. The van der Waals surface area contributed by atoms with Gasteiger partial charge in [-0.2, -0.15) is 0 Å². The van der Waals surface area contributed by atoms with Crippen LogP contribution >= 0.6 is 34.2 Å². The first kappa shape index (κ1) is 15.9. The van der Waals surface area contributed by atoms with E-state index in [2.05, 4.69) is 33.2 Å². The van der Waals surface area contributed by atoms with Gasteiger partial charge in [-0.3, -0.25) is 4.79 Å². The number of methoxy groups -OCH3 is 1. The first-order valence-electron chi connectivity index (χ1n) is 6.21. The third-order valence-electron chi connectivity index (χ3n) is 2.74. The van der Waals surface area contributed by atoms with Crippen molar-refractivity contribution in [1.82, 2.24) is 0 Å². The van der Waals surface area contributed by atoms with Crippen molar-refractivity contribution in [3.63, 3.8) is 0 Å². The second-order valence-electron chi connectivity index (χ2n) is 4.25. The highest BCUT2D eigenvalue weighted by molar-refractivity contribution is 14.1. The molecule has 6 heteroatoms. The molecule has 2 aromatic rings. The minimum absolute atomic E-state index is 0.120. The van der Waals surface area contributed by atoms with E-state index in [1.807, 2.05) is 12.1 Å². The molecule has 0 aromatic heterocycles. The number of benzene rings is 2. The summed E-state index contributed by atoms with van der Waals surface area (Å²) in [7, 11) is 1.60. The SMILES string of the molecule is COc1ccc(NC(=O)CNc2ccc(Cl)cc2I)cc1. The van der Waals surface area contributed by atoms with Crippen LogP contribution in [0.4, 0.5) is 11.4 Å². The molecule has 21 heavy (non-hydrogen) atoms. The third-order valence-corrected chi connectivity index (χ3v) is 3.87. The van der Waals surface area contributed by atoms with Crippen LogP contribution < -0.4 is 15.4 Å². The number of hydrogen-bond donors (Lipinski definition) is 2. The molecular weight excluding hydrogens is 403 g/mol. The van der Waals surface area contributed by atoms with Crippen LogP contribution in [-0.4, -0.2) is 19.6 Å². The third kappa shape index (κ3) is 4.78. The molecule has 2 aromatic carbocycles. The van der Waals surface area contributed by atoms with Crippen molar-refractivity contribution in [1.29, 1.82) is 0 Å². The number of carbonyl (C=O) groups excluding carboxylic acids is 1. The summed E-state index contributed by atoms with van der Waals surface area (Å²) < 4.78 is 6.04. The average molecular weight is 417 g/mol. The molecular formula is C15H14ClIN2O2. The van der Waals surface area contributed by atoms with Crippen LogP contribution in [0.5, 0.6) is 5.75 Å². The Bertz CT molecular complexity index is 632. The Morgan fingerprint density at radius 1 is 1.24 bits per heavy atom. The lowest BCUT2D eigenvalue weighted by atomic mass is 10.3. The van der Waals surface area contributed by atoms with Gasteiger partial charge in [-0.05, 0) is 65.1 Å². The molecule has 0 radical (unpaired) electrons. The van der Waals surface area contributed by atoms with Gasteiger partial charge in [0.15, 0.2) is 0 Å². The number of halogens is 2. The van der Waals surface area contributed by atoms with E-state index in [-0.39, 0.29) is 12.5 Å². The van der Waals surface area contributed by atoms with Gasteiger partial charge >= 0.3 is 0 Å². The maximum Gasteiger partial charge on any atom is 0.243 e. The Labute approximate surface area is 142 Å². The molecule has 0 aliphatic heterocycles. The summed E-state index contributed by atoms with van der Waals surface area (Å²) in [4.78, 5) is 11.9. The topological polar surface area (TPSA) is 50.4 Å². The maximum absolute atomic E-state index is 11.9. The standard InChI is InChI=1S/C15H14ClIN2O2/c1-21-12-5-3-11(4-6-12)19-15(20)9-18-14-7-2-10(16)8-13(14)17/h2-8,18H,9H2,1H3,(H,19,20). The zero-order valence-corrected chi connectivity index (χ0v) is 14.2. The van der Waals surface area contributed by atoms with Crippen molar-refractivity contribution in [3.8, 4) is 5.75 Å². The zero-order valence-electron chi connectivity index (χ0n) is 11.3. The zero-order chi connectivity index (χ0) is 15.2. The highest BCUT2D eigenvalue weighted by atomic mass is 127. The quantitative estimate of drug-likeness (QED) is 0.724. The molecule has 0 aliphatic carbocycles. The van der Waals surface area contributed by atoms with E-state index >= 15 is 0 Å². The summed E-state index contributed by atoms with van der Waals surface area (Å²) in [5, 5.41) is 6.56. The molecule has 4 nitrogen and oxygen atoms in total. The number of carbonyl (C=O) groups is 1. The van der Waals surface area contributed by atoms with Crippen molar-refractivity contribution in [2.24, 2.45) is 0 Å². The Kier molecular flexibility index (Phi) is 5.69. The van der Waals surface area contributed by atoms with E-state index in [1.165, 1.54) is 0 Å². The van der Waals surface area contributed by atoms with Crippen molar-refractivity contribution >= 4 is 51.5 Å². The molecule has 110 valence electrons. The predicted molar refractivity (Wildman–Crippen MR) is 94.3 cm³/mol. The number of anilines is 2. The number of amides is 1. The first-order chi connectivity index (χ1) is 10.1. The van der Waals surface area contributed by atoms with Crippen LogP contribution in [0.2, 0.25) is 5.02 Å². The second kappa shape index (κ2) is 7.51.